The number of fused-ring (bicyclic) bond motifs is 1. The molecular weight excluding hydrogens is 270 g/mol. The highest BCUT2D eigenvalue weighted by Crippen LogP contribution is 2.32. The van der Waals surface area contributed by atoms with Crippen LogP contribution in [0.3, 0.4) is 0 Å². The maximum absolute atomic E-state index is 5.84. The molecule has 0 bridgehead atoms. The number of nitrogens with one attached hydrogen (secondary N) is 1. The van der Waals surface area contributed by atoms with Crippen LogP contribution >= 0.6 is 0 Å². The van der Waals surface area contributed by atoms with Crippen molar-refractivity contribution in [1.29, 1.82) is 0 Å². The van der Waals surface area contributed by atoms with Gasteiger partial charge in [-0.3, -0.25) is 0 Å². The van der Waals surface area contributed by atoms with E-state index in [9.17, 15) is 0 Å². The van der Waals surface area contributed by atoms with Crippen LogP contribution in [0.4, 0.5) is 0 Å². The molecule has 0 saturated carbocycles. The van der Waals surface area contributed by atoms with Crippen LogP contribution in [-0.4, -0.2) is 46.2 Å². The lowest BCUT2D eigenvalue weighted by atomic mass is 10.1. The summed E-state index contributed by atoms with van der Waals surface area (Å²) in [4.78, 5) is 0. The van der Waals surface area contributed by atoms with Crippen LogP contribution in [0.25, 0.3) is 0 Å². The lowest BCUT2D eigenvalue weighted by Crippen LogP contribution is -2.28. The maximum Gasteiger partial charge on any atom is 0.161 e. The van der Waals surface area contributed by atoms with Gasteiger partial charge in [-0.1, -0.05) is 13.0 Å². The van der Waals surface area contributed by atoms with Gasteiger partial charge < -0.3 is 24.3 Å². The predicted octanol–water partition coefficient (Wildman–Crippen LogP) is 2.16. The molecule has 1 N–H and O–H groups in total. The molecule has 5 heteroatoms. The minimum atomic E-state index is 0.0772. The van der Waals surface area contributed by atoms with Gasteiger partial charge in [0.1, 0.15) is 13.2 Å². The Hall–Kier alpha value is -1.30. The van der Waals surface area contributed by atoms with Crippen LogP contribution in [0.2, 0.25) is 0 Å². The molecule has 1 heterocycles. The third-order valence-electron chi connectivity index (χ3n) is 3.37. The van der Waals surface area contributed by atoms with Gasteiger partial charge in [-0.25, -0.2) is 0 Å². The molecule has 0 aliphatic carbocycles. The van der Waals surface area contributed by atoms with Crippen LogP contribution in [-0.2, 0) is 9.47 Å². The highest BCUT2D eigenvalue weighted by atomic mass is 16.6. The summed E-state index contributed by atoms with van der Waals surface area (Å²) in [6.45, 7) is 7.38. The van der Waals surface area contributed by atoms with Gasteiger partial charge in [-0.05, 0) is 31.2 Å². The average molecular weight is 295 g/mol. The molecule has 1 aliphatic heterocycles. The summed E-state index contributed by atoms with van der Waals surface area (Å²) in [6.07, 6.45) is 0.0772. The predicted molar refractivity (Wildman–Crippen MR) is 81.1 cm³/mol. The molecular formula is C16H25NO4. The molecule has 1 aromatic rings. The van der Waals surface area contributed by atoms with E-state index in [1.54, 1.807) is 7.11 Å². The summed E-state index contributed by atoms with van der Waals surface area (Å²) in [5.41, 5.74) is 1.14. The number of ether oxygens (including phenoxy) is 4. The molecule has 0 fully saturated rings. The van der Waals surface area contributed by atoms with Crippen molar-refractivity contribution in [1.82, 2.24) is 5.32 Å². The summed E-state index contributed by atoms with van der Waals surface area (Å²) in [5.74, 6) is 1.63. The summed E-state index contributed by atoms with van der Waals surface area (Å²) in [6, 6.07) is 6.19. The van der Waals surface area contributed by atoms with Crippen molar-refractivity contribution in [3.63, 3.8) is 0 Å². The number of likely N-dealkylation sites (N-methyl/N-ethyl adjacent to an activating group) is 1. The number of rotatable bonds is 8. The van der Waals surface area contributed by atoms with Crippen LogP contribution in [0.1, 0.15) is 25.5 Å². The highest BCUT2D eigenvalue weighted by Gasteiger charge is 2.17. The Morgan fingerprint density at radius 1 is 1.19 bits per heavy atom. The normalized spacial score (nSPS) is 16.5. The summed E-state index contributed by atoms with van der Waals surface area (Å²) in [5, 5.41) is 3.44. The average Bonchev–Trinajstić information content (AvgIpc) is 2.51. The van der Waals surface area contributed by atoms with Crippen molar-refractivity contribution in [2.75, 3.05) is 40.1 Å². The van der Waals surface area contributed by atoms with Gasteiger partial charge in [0, 0.05) is 7.11 Å². The maximum atomic E-state index is 5.84. The van der Waals surface area contributed by atoms with Gasteiger partial charge in [-0.15, -0.1) is 0 Å². The molecule has 1 aliphatic rings. The van der Waals surface area contributed by atoms with Crippen molar-refractivity contribution in [3.05, 3.63) is 23.8 Å². The van der Waals surface area contributed by atoms with E-state index in [-0.39, 0.29) is 12.1 Å². The van der Waals surface area contributed by atoms with Gasteiger partial charge in [0.15, 0.2) is 11.5 Å². The third-order valence-corrected chi connectivity index (χ3v) is 3.37. The fourth-order valence-electron chi connectivity index (χ4n) is 2.34. The summed E-state index contributed by atoms with van der Waals surface area (Å²) >= 11 is 0. The Bertz CT molecular complexity index is 438. The number of methoxy groups -OCH3 is 1. The van der Waals surface area contributed by atoms with E-state index >= 15 is 0 Å². The highest BCUT2D eigenvalue weighted by molar-refractivity contribution is 5.44. The molecule has 1 aromatic carbocycles. The minimum absolute atomic E-state index is 0.0772. The van der Waals surface area contributed by atoms with Gasteiger partial charge >= 0.3 is 0 Å². The second-order valence-electron chi connectivity index (χ2n) is 5.11. The first-order valence-corrected chi connectivity index (χ1v) is 7.48. The zero-order valence-corrected chi connectivity index (χ0v) is 13.1. The zero-order chi connectivity index (χ0) is 15.1. The van der Waals surface area contributed by atoms with Crippen LogP contribution < -0.4 is 14.8 Å². The summed E-state index contributed by atoms with van der Waals surface area (Å²) < 4.78 is 22.1. The second-order valence-corrected chi connectivity index (χ2v) is 5.11. The van der Waals surface area contributed by atoms with Gasteiger partial charge in [0.25, 0.3) is 0 Å². The lowest BCUT2D eigenvalue weighted by molar-refractivity contribution is -0.000426. The van der Waals surface area contributed by atoms with Gasteiger partial charge in [0.2, 0.25) is 0 Å². The second kappa shape index (κ2) is 8.22. The van der Waals surface area contributed by atoms with Crippen molar-refractivity contribution in [2.24, 2.45) is 0 Å². The molecule has 0 radical (unpaired) electrons. The smallest absolute Gasteiger partial charge is 0.161 e. The number of hydrogen-bond donors (Lipinski definition) is 1. The molecule has 5 nitrogen and oxygen atoms in total. The van der Waals surface area contributed by atoms with Crippen molar-refractivity contribution in [3.8, 4) is 11.5 Å². The third kappa shape index (κ3) is 4.59. The Morgan fingerprint density at radius 3 is 2.67 bits per heavy atom. The monoisotopic (exact) mass is 295 g/mol. The van der Waals surface area contributed by atoms with Gasteiger partial charge in [-0.2, -0.15) is 0 Å². The largest absolute Gasteiger partial charge is 0.486 e. The van der Waals surface area contributed by atoms with E-state index in [0.717, 1.165) is 23.6 Å². The summed E-state index contributed by atoms with van der Waals surface area (Å²) in [7, 11) is 1.68. The van der Waals surface area contributed by atoms with Crippen LogP contribution in [0, 0.1) is 0 Å². The molecule has 21 heavy (non-hydrogen) atoms. The molecule has 2 atom stereocenters. The van der Waals surface area contributed by atoms with Crippen molar-refractivity contribution in [2.45, 2.75) is 26.0 Å². The SMILES string of the molecule is CCNC(COC(C)COC)c1ccc2c(c1)OCCO2. The standard InChI is InChI=1S/C16H25NO4/c1-4-17-14(11-21-12(2)10-18-3)13-5-6-15-16(9-13)20-8-7-19-15/h5-6,9,12,14,17H,4,7-8,10-11H2,1-3H3. The Balaban J connectivity index is 2.03. The Morgan fingerprint density at radius 2 is 1.95 bits per heavy atom. The molecule has 0 saturated heterocycles. The first kappa shape index (κ1) is 16.1. The van der Waals surface area contributed by atoms with Crippen molar-refractivity contribution >= 4 is 0 Å². The molecule has 0 spiro atoms. The van der Waals surface area contributed by atoms with E-state index in [0.29, 0.717) is 26.4 Å². The molecule has 2 rings (SSSR count). The topological polar surface area (TPSA) is 49.0 Å². The molecule has 0 amide bonds. The number of benzene rings is 1. The van der Waals surface area contributed by atoms with E-state index in [2.05, 4.69) is 18.3 Å². The molecule has 2 unspecified atom stereocenters. The quantitative estimate of drug-likeness (QED) is 0.796. The van der Waals surface area contributed by atoms with Crippen LogP contribution in [0.5, 0.6) is 11.5 Å². The van der Waals surface area contributed by atoms with Crippen LogP contribution in [0.15, 0.2) is 18.2 Å². The number of hydrogen-bond acceptors (Lipinski definition) is 5. The van der Waals surface area contributed by atoms with Gasteiger partial charge in [0.05, 0.1) is 25.4 Å². The Labute approximate surface area is 126 Å². The van der Waals surface area contributed by atoms with Crippen molar-refractivity contribution < 1.29 is 18.9 Å². The zero-order valence-electron chi connectivity index (χ0n) is 13.1. The Kier molecular flexibility index (Phi) is 6.29. The van der Waals surface area contributed by atoms with E-state index in [1.165, 1.54) is 0 Å². The van der Waals surface area contributed by atoms with E-state index < -0.39 is 0 Å². The minimum Gasteiger partial charge on any atom is -0.486 e. The fourth-order valence-corrected chi connectivity index (χ4v) is 2.34. The first-order valence-electron chi connectivity index (χ1n) is 7.48. The first-order chi connectivity index (χ1) is 10.2. The van der Waals surface area contributed by atoms with E-state index in [4.69, 9.17) is 18.9 Å². The lowest BCUT2D eigenvalue weighted by Gasteiger charge is -2.24. The van der Waals surface area contributed by atoms with E-state index in [1.807, 2.05) is 19.1 Å². The fraction of sp³-hybridized carbons (Fsp3) is 0.625. The molecule has 0 aromatic heterocycles. The molecule has 118 valence electrons.